The summed E-state index contributed by atoms with van der Waals surface area (Å²) in [7, 11) is 0. The van der Waals surface area contributed by atoms with Gasteiger partial charge < -0.3 is 10.1 Å². The molecule has 0 aliphatic rings. The number of alkyl halides is 3. The zero-order chi connectivity index (χ0) is 22.6. The lowest BCUT2D eigenvalue weighted by atomic mass is 10.1. The molecule has 0 radical (unpaired) electrons. The highest BCUT2D eigenvalue weighted by Crippen LogP contribution is 2.42. The van der Waals surface area contributed by atoms with Crippen molar-refractivity contribution in [3.63, 3.8) is 0 Å². The Morgan fingerprint density at radius 2 is 1.77 bits per heavy atom. The van der Waals surface area contributed by atoms with E-state index in [-0.39, 0.29) is 17.9 Å². The summed E-state index contributed by atoms with van der Waals surface area (Å²) in [4.78, 5) is 22.6. The third-order valence-electron chi connectivity index (χ3n) is 4.17. The molecule has 0 unspecified atom stereocenters. The van der Waals surface area contributed by atoms with Gasteiger partial charge in [0, 0.05) is 24.2 Å². The zero-order valence-electron chi connectivity index (χ0n) is 15.7. The molecule has 0 saturated carbocycles. The number of amides is 1. The van der Waals surface area contributed by atoms with Crippen molar-refractivity contribution in [2.24, 2.45) is 0 Å². The number of rotatable bonds is 6. The molecule has 1 amide bonds. The van der Waals surface area contributed by atoms with Gasteiger partial charge in [0.1, 0.15) is 5.75 Å². The SMILES string of the molecule is O=C(NCc1ccccc1)c1cccc(Oc2cc(Cl)c(C(F)(F)F)cc2[N+](=O)[O-])c1. The van der Waals surface area contributed by atoms with Crippen molar-refractivity contribution in [1.82, 2.24) is 5.32 Å². The molecule has 3 aromatic rings. The summed E-state index contributed by atoms with van der Waals surface area (Å²) in [6.07, 6.45) is -4.86. The molecule has 0 fully saturated rings. The molecule has 0 aromatic heterocycles. The number of ether oxygens (including phenoxy) is 1. The molecular formula is C21H14ClF3N2O4. The van der Waals surface area contributed by atoms with Gasteiger partial charge in [-0.1, -0.05) is 48.0 Å². The van der Waals surface area contributed by atoms with Crippen LogP contribution < -0.4 is 10.1 Å². The van der Waals surface area contributed by atoms with Crippen LogP contribution in [0.25, 0.3) is 0 Å². The van der Waals surface area contributed by atoms with Crippen LogP contribution in [0.4, 0.5) is 18.9 Å². The summed E-state index contributed by atoms with van der Waals surface area (Å²) in [5, 5.41) is 13.2. The summed E-state index contributed by atoms with van der Waals surface area (Å²) in [5.41, 5.74) is -1.16. The van der Waals surface area contributed by atoms with Crippen LogP contribution >= 0.6 is 11.6 Å². The first-order valence-electron chi connectivity index (χ1n) is 8.80. The van der Waals surface area contributed by atoms with Crippen LogP contribution in [0.15, 0.2) is 66.7 Å². The van der Waals surface area contributed by atoms with E-state index in [1.165, 1.54) is 24.3 Å². The van der Waals surface area contributed by atoms with Crippen LogP contribution in [0.2, 0.25) is 5.02 Å². The van der Waals surface area contributed by atoms with Crippen molar-refractivity contribution < 1.29 is 27.6 Å². The monoisotopic (exact) mass is 450 g/mol. The molecule has 31 heavy (non-hydrogen) atoms. The average molecular weight is 451 g/mol. The van der Waals surface area contributed by atoms with Crippen molar-refractivity contribution in [2.75, 3.05) is 0 Å². The fraction of sp³-hybridized carbons (Fsp3) is 0.0952. The zero-order valence-corrected chi connectivity index (χ0v) is 16.4. The Balaban J connectivity index is 1.82. The molecule has 0 bridgehead atoms. The largest absolute Gasteiger partial charge is 0.450 e. The molecule has 0 spiro atoms. The van der Waals surface area contributed by atoms with E-state index >= 15 is 0 Å². The molecule has 1 N–H and O–H groups in total. The standard InChI is InChI=1S/C21H14ClF3N2O4/c22-17-11-19(18(27(29)30)10-16(17)21(23,24)25)31-15-8-4-7-14(9-15)20(28)26-12-13-5-2-1-3-6-13/h1-11H,12H2,(H,26,28). The maximum Gasteiger partial charge on any atom is 0.418 e. The van der Waals surface area contributed by atoms with Gasteiger partial charge in [0.15, 0.2) is 0 Å². The Morgan fingerprint density at radius 3 is 2.42 bits per heavy atom. The van der Waals surface area contributed by atoms with E-state index < -0.39 is 39.0 Å². The maximum atomic E-state index is 13.0. The highest BCUT2D eigenvalue weighted by molar-refractivity contribution is 6.31. The first-order chi connectivity index (χ1) is 14.6. The Morgan fingerprint density at radius 1 is 1.06 bits per heavy atom. The van der Waals surface area contributed by atoms with Gasteiger partial charge in [0.05, 0.1) is 15.5 Å². The second-order valence-corrected chi connectivity index (χ2v) is 6.76. The van der Waals surface area contributed by atoms with Gasteiger partial charge in [-0.05, 0) is 23.8 Å². The maximum absolute atomic E-state index is 13.0. The quantitative estimate of drug-likeness (QED) is 0.369. The second kappa shape index (κ2) is 9.05. The lowest BCUT2D eigenvalue weighted by Crippen LogP contribution is -2.22. The van der Waals surface area contributed by atoms with Gasteiger partial charge in [-0.25, -0.2) is 0 Å². The molecule has 0 atom stereocenters. The molecule has 6 nitrogen and oxygen atoms in total. The van der Waals surface area contributed by atoms with Crippen LogP contribution in [-0.4, -0.2) is 10.8 Å². The van der Waals surface area contributed by atoms with Gasteiger partial charge in [-0.2, -0.15) is 13.2 Å². The van der Waals surface area contributed by atoms with Crippen LogP contribution in [0.5, 0.6) is 11.5 Å². The topological polar surface area (TPSA) is 81.5 Å². The summed E-state index contributed by atoms with van der Waals surface area (Å²) in [5.74, 6) is -0.884. The molecule has 3 rings (SSSR count). The Kier molecular flexibility index (Phi) is 6.45. The van der Waals surface area contributed by atoms with Crippen molar-refractivity contribution in [3.8, 4) is 11.5 Å². The van der Waals surface area contributed by atoms with Gasteiger partial charge in [0.2, 0.25) is 5.75 Å². The number of benzene rings is 3. The van der Waals surface area contributed by atoms with E-state index in [1.807, 2.05) is 30.3 Å². The third kappa shape index (κ3) is 5.52. The van der Waals surface area contributed by atoms with Gasteiger partial charge >= 0.3 is 11.9 Å². The number of carbonyl (C=O) groups excluding carboxylic acids is 1. The fourth-order valence-corrected chi connectivity index (χ4v) is 2.95. The van der Waals surface area contributed by atoms with Gasteiger partial charge in [0.25, 0.3) is 5.91 Å². The molecule has 160 valence electrons. The number of hydrogen-bond donors (Lipinski definition) is 1. The van der Waals surface area contributed by atoms with E-state index in [4.69, 9.17) is 16.3 Å². The lowest BCUT2D eigenvalue weighted by molar-refractivity contribution is -0.385. The molecule has 0 saturated heterocycles. The predicted molar refractivity (Wildman–Crippen MR) is 107 cm³/mol. The third-order valence-corrected chi connectivity index (χ3v) is 4.48. The molecule has 10 heteroatoms. The summed E-state index contributed by atoms with van der Waals surface area (Å²) >= 11 is 5.65. The first-order valence-corrected chi connectivity index (χ1v) is 9.18. The average Bonchev–Trinajstić information content (AvgIpc) is 2.72. The van der Waals surface area contributed by atoms with E-state index in [2.05, 4.69) is 5.32 Å². The van der Waals surface area contributed by atoms with Crippen molar-refractivity contribution >= 4 is 23.2 Å². The summed E-state index contributed by atoms with van der Waals surface area (Å²) in [6.45, 7) is 0.282. The molecule has 3 aromatic carbocycles. The van der Waals surface area contributed by atoms with E-state index in [0.29, 0.717) is 6.07 Å². The number of nitro groups is 1. The molecule has 0 aliphatic heterocycles. The number of halogens is 4. The van der Waals surface area contributed by atoms with Gasteiger partial charge in [-0.15, -0.1) is 0 Å². The second-order valence-electron chi connectivity index (χ2n) is 6.35. The van der Waals surface area contributed by atoms with E-state index in [1.54, 1.807) is 0 Å². The van der Waals surface area contributed by atoms with E-state index in [9.17, 15) is 28.1 Å². The molecule has 0 aliphatic carbocycles. The fourth-order valence-electron chi connectivity index (χ4n) is 2.69. The van der Waals surface area contributed by atoms with Crippen molar-refractivity contribution in [3.05, 3.63) is 98.6 Å². The summed E-state index contributed by atoms with van der Waals surface area (Å²) in [6, 6.07) is 15.9. The van der Waals surface area contributed by atoms with Crippen LogP contribution in [0.3, 0.4) is 0 Å². The van der Waals surface area contributed by atoms with Crippen LogP contribution in [0.1, 0.15) is 21.5 Å². The number of nitro benzene ring substituents is 1. The number of nitrogens with one attached hydrogen (secondary N) is 1. The van der Waals surface area contributed by atoms with Crippen molar-refractivity contribution in [1.29, 1.82) is 0 Å². The van der Waals surface area contributed by atoms with Crippen LogP contribution in [-0.2, 0) is 12.7 Å². The van der Waals surface area contributed by atoms with E-state index in [0.717, 1.165) is 11.6 Å². The molecular weight excluding hydrogens is 437 g/mol. The number of carbonyl (C=O) groups is 1. The minimum Gasteiger partial charge on any atom is -0.450 e. The lowest BCUT2D eigenvalue weighted by Gasteiger charge is -2.12. The smallest absolute Gasteiger partial charge is 0.418 e. The van der Waals surface area contributed by atoms with Gasteiger partial charge in [-0.3, -0.25) is 14.9 Å². The normalized spacial score (nSPS) is 11.1. The Labute approximate surface area is 179 Å². The highest BCUT2D eigenvalue weighted by atomic mass is 35.5. The first kappa shape index (κ1) is 22.1. The molecule has 0 heterocycles. The Hall–Kier alpha value is -3.59. The highest BCUT2D eigenvalue weighted by Gasteiger charge is 2.36. The summed E-state index contributed by atoms with van der Waals surface area (Å²) < 4.78 is 44.4. The minimum atomic E-state index is -4.86. The number of hydrogen-bond acceptors (Lipinski definition) is 4. The predicted octanol–water partition coefficient (Wildman–Crippen LogP) is 5.99. The van der Waals surface area contributed by atoms with Crippen LogP contribution in [0, 0.1) is 10.1 Å². The minimum absolute atomic E-state index is 0.0197. The van der Waals surface area contributed by atoms with Crippen molar-refractivity contribution in [2.45, 2.75) is 12.7 Å². The number of nitrogens with zero attached hydrogens (tertiary/aromatic N) is 1. The Bertz CT molecular complexity index is 1120.